The Morgan fingerprint density at radius 1 is 1.00 bits per heavy atom. The van der Waals surface area contributed by atoms with Crippen LogP contribution < -0.4 is 10.6 Å². The maximum atomic E-state index is 14.3. The van der Waals surface area contributed by atoms with Crippen LogP contribution in [0.25, 0.3) is 0 Å². The highest BCUT2D eigenvalue weighted by Gasteiger charge is 2.39. The van der Waals surface area contributed by atoms with Gasteiger partial charge in [-0.15, -0.1) is 0 Å². The smallest absolute Gasteiger partial charge is 0.192 e. The van der Waals surface area contributed by atoms with Gasteiger partial charge in [-0.3, -0.25) is 0 Å². The van der Waals surface area contributed by atoms with Crippen LogP contribution in [0.2, 0.25) is 18.1 Å². The van der Waals surface area contributed by atoms with Gasteiger partial charge in [0.25, 0.3) is 0 Å². The molecule has 4 heteroatoms. The molecular weight excluding hydrogens is 415 g/mol. The summed E-state index contributed by atoms with van der Waals surface area (Å²) in [6.07, 6.45) is 5.72. The molecule has 0 saturated carbocycles. The Kier molecular flexibility index (Phi) is 7.31. The molecule has 0 fully saturated rings. The molecule has 1 unspecified atom stereocenters. The van der Waals surface area contributed by atoms with E-state index in [9.17, 15) is 4.57 Å². The molecule has 0 spiro atoms. The van der Waals surface area contributed by atoms with Gasteiger partial charge >= 0.3 is 0 Å². The summed E-state index contributed by atoms with van der Waals surface area (Å²) in [6.45, 7) is 15.8. The first-order valence-corrected chi connectivity index (χ1v) is 16.1. The third kappa shape index (κ3) is 5.58. The average molecular weight is 453 g/mol. The molecule has 1 atom stereocenters. The van der Waals surface area contributed by atoms with Crippen molar-refractivity contribution in [3.63, 3.8) is 0 Å². The van der Waals surface area contributed by atoms with Crippen molar-refractivity contribution in [3.8, 4) is 0 Å². The van der Waals surface area contributed by atoms with Gasteiger partial charge in [0.2, 0.25) is 0 Å². The van der Waals surface area contributed by atoms with E-state index in [0.29, 0.717) is 6.16 Å². The molecule has 1 aliphatic rings. The minimum absolute atomic E-state index is 0.134. The fraction of sp³-hybridized carbons (Fsp3) is 0.407. The Morgan fingerprint density at radius 2 is 1.52 bits per heavy atom. The summed E-state index contributed by atoms with van der Waals surface area (Å²) in [7, 11) is -4.56. The van der Waals surface area contributed by atoms with Crippen LogP contribution in [0.3, 0.4) is 0 Å². The van der Waals surface area contributed by atoms with E-state index in [1.54, 1.807) is 0 Å². The molecule has 166 valence electrons. The van der Waals surface area contributed by atoms with Gasteiger partial charge < -0.3 is 8.99 Å². The third-order valence-electron chi connectivity index (χ3n) is 6.87. The number of allylic oxidation sites excluding steroid dienone is 2. The average Bonchev–Trinajstić information content (AvgIpc) is 2.74. The molecule has 0 aromatic heterocycles. The highest BCUT2D eigenvalue weighted by Crippen LogP contribution is 2.46. The molecule has 3 rings (SSSR count). The highest BCUT2D eigenvalue weighted by atomic mass is 31.2. The van der Waals surface area contributed by atoms with Gasteiger partial charge in [0.15, 0.2) is 8.32 Å². The minimum atomic E-state index is -2.72. The fourth-order valence-corrected chi connectivity index (χ4v) is 7.81. The zero-order valence-corrected chi connectivity index (χ0v) is 21.6. The van der Waals surface area contributed by atoms with Crippen molar-refractivity contribution in [3.05, 3.63) is 84.5 Å². The lowest BCUT2D eigenvalue weighted by atomic mass is 9.92. The third-order valence-corrected chi connectivity index (χ3v) is 14.5. The highest BCUT2D eigenvalue weighted by molar-refractivity contribution is 7.78. The quantitative estimate of drug-likeness (QED) is 0.332. The van der Waals surface area contributed by atoms with Crippen molar-refractivity contribution < 1.29 is 8.99 Å². The molecule has 0 N–H and O–H groups in total. The van der Waals surface area contributed by atoms with E-state index in [2.05, 4.69) is 46.5 Å². The van der Waals surface area contributed by atoms with Crippen molar-refractivity contribution in [2.75, 3.05) is 6.16 Å². The topological polar surface area (TPSA) is 26.3 Å². The molecule has 0 radical (unpaired) electrons. The Balaban J connectivity index is 1.84. The van der Waals surface area contributed by atoms with E-state index >= 15 is 0 Å². The summed E-state index contributed by atoms with van der Waals surface area (Å²) < 4.78 is 21.0. The monoisotopic (exact) mass is 452 g/mol. The summed E-state index contributed by atoms with van der Waals surface area (Å²) in [5.41, 5.74) is 2.39. The van der Waals surface area contributed by atoms with E-state index in [1.165, 1.54) is 11.1 Å². The second-order valence-corrected chi connectivity index (χ2v) is 17.9. The number of rotatable bonds is 7. The molecule has 0 saturated heterocycles. The molecule has 2 aromatic rings. The number of hydrogen-bond acceptors (Lipinski definition) is 2. The summed E-state index contributed by atoms with van der Waals surface area (Å²) in [5.74, 6) is 0. The summed E-state index contributed by atoms with van der Waals surface area (Å²) in [5, 5.41) is 2.04. The predicted octanol–water partition coefficient (Wildman–Crippen LogP) is 7.06. The number of benzene rings is 2. The van der Waals surface area contributed by atoms with E-state index in [1.807, 2.05) is 60.7 Å². The van der Waals surface area contributed by atoms with Crippen LogP contribution in [0, 0.1) is 0 Å². The summed E-state index contributed by atoms with van der Waals surface area (Å²) >= 11 is 0. The van der Waals surface area contributed by atoms with Crippen LogP contribution in [0.5, 0.6) is 0 Å². The van der Waals surface area contributed by atoms with E-state index in [-0.39, 0.29) is 11.1 Å². The van der Waals surface area contributed by atoms with E-state index in [4.69, 9.17) is 4.43 Å². The van der Waals surface area contributed by atoms with Crippen LogP contribution >= 0.6 is 7.14 Å². The van der Waals surface area contributed by atoms with Crippen LogP contribution in [0.1, 0.15) is 40.0 Å². The molecule has 2 nitrogen and oxygen atoms in total. The first-order chi connectivity index (χ1) is 14.5. The lowest BCUT2D eigenvalue weighted by molar-refractivity contribution is 0.211. The van der Waals surface area contributed by atoms with Crippen molar-refractivity contribution >= 4 is 26.1 Å². The zero-order chi connectivity index (χ0) is 22.7. The van der Waals surface area contributed by atoms with E-state index < -0.39 is 15.5 Å². The molecule has 0 heterocycles. The predicted molar refractivity (Wildman–Crippen MR) is 138 cm³/mol. The van der Waals surface area contributed by atoms with Gasteiger partial charge in [0, 0.05) is 16.8 Å². The summed E-state index contributed by atoms with van der Waals surface area (Å²) in [6, 6.07) is 19.9. The van der Waals surface area contributed by atoms with Crippen molar-refractivity contribution in [1.82, 2.24) is 0 Å². The fourth-order valence-electron chi connectivity index (χ4n) is 3.83. The molecule has 1 aliphatic carbocycles. The van der Waals surface area contributed by atoms with Gasteiger partial charge in [0.1, 0.15) is 7.14 Å². The van der Waals surface area contributed by atoms with Gasteiger partial charge in [-0.2, -0.15) is 0 Å². The van der Waals surface area contributed by atoms with Gasteiger partial charge in [-0.05, 0) is 43.0 Å². The molecule has 31 heavy (non-hydrogen) atoms. The maximum absolute atomic E-state index is 14.3. The van der Waals surface area contributed by atoms with Gasteiger partial charge in [0.05, 0.1) is 6.10 Å². The first-order valence-electron chi connectivity index (χ1n) is 11.3. The first kappa shape index (κ1) is 24.0. The molecular formula is C27H37O2PSi. The Bertz CT molecular complexity index is 928. The zero-order valence-electron chi connectivity index (χ0n) is 19.7. The molecule has 0 aliphatic heterocycles. The van der Waals surface area contributed by atoms with Crippen molar-refractivity contribution in [1.29, 1.82) is 0 Å². The Labute approximate surface area is 189 Å². The van der Waals surface area contributed by atoms with Crippen molar-refractivity contribution in [2.45, 2.75) is 64.3 Å². The number of hydrogen-bond donors (Lipinski definition) is 0. The molecule has 2 aromatic carbocycles. The van der Waals surface area contributed by atoms with E-state index in [0.717, 1.165) is 29.9 Å². The van der Waals surface area contributed by atoms with Crippen LogP contribution in [-0.4, -0.2) is 20.6 Å². The lowest BCUT2D eigenvalue weighted by Crippen LogP contribution is -2.44. The molecule has 0 bridgehead atoms. The maximum Gasteiger partial charge on any atom is 0.192 e. The largest absolute Gasteiger partial charge is 0.411 e. The SMILES string of the molecule is C=C1CCC(O[Si](C)(C)C(C)(C)C)C=C1CCP(=O)(c1ccccc1)c1ccccc1. The lowest BCUT2D eigenvalue weighted by Gasteiger charge is -2.40. The Morgan fingerprint density at radius 3 is 2.00 bits per heavy atom. The molecule has 0 amide bonds. The van der Waals surface area contributed by atoms with Gasteiger partial charge in [-0.25, -0.2) is 0 Å². The van der Waals surface area contributed by atoms with Crippen molar-refractivity contribution in [2.24, 2.45) is 0 Å². The Hall–Kier alpha value is -1.67. The standard InChI is InChI=1S/C27H37O2PSi/c1-22-17-18-24(29-31(5,6)27(2,3)4)21-23(22)19-20-30(28,25-13-9-7-10-14-25)26-15-11-8-12-16-26/h7-16,21,24H,1,17-20H2,2-6H3. The van der Waals surface area contributed by atoms with Gasteiger partial charge in [-0.1, -0.05) is 99.7 Å². The normalized spacial score (nSPS) is 18.0. The van der Waals surface area contributed by atoms with Crippen LogP contribution in [0.15, 0.2) is 84.5 Å². The second-order valence-electron chi connectivity index (χ2n) is 10.1. The van der Waals surface area contributed by atoms with Crippen LogP contribution in [0.4, 0.5) is 0 Å². The van der Waals surface area contributed by atoms with Crippen LogP contribution in [-0.2, 0) is 8.99 Å². The second kappa shape index (κ2) is 9.44. The minimum Gasteiger partial charge on any atom is -0.411 e. The summed E-state index contributed by atoms with van der Waals surface area (Å²) in [4.78, 5) is 0.